The van der Waals surface area contributed by atoms with Gasteiger partial charge >= 0.3 is 0 Å². The number of carbonyl (C=O) groups excluding carboxylic acids is 1. The summed E-state index contributed by atoms with van der Waals surface area (Å²) < 4.78 is 7.52. The second-order valence-corrected chi connectivity index (χ2v) is 6.76. The summed E-state index contributed by atoms with van der Waals surface area (Å²) in [6.45, 7) is 1.14. The standard InChI is InChI=1S/C20H20Cl2N2O2/c1-26-18-8-3-7-16-17(13-24(19(16)18)10-4-9-21)20(25)23-12-14-5-2-6-15(22)11-14/h2-3,5-8,11,13H,4,9-10,12H2,1H3,(H,23,25). The Kier molecular flexibility index (Phi) is 6.07. The molecule has 0 saturated carbocycles. The number of hydrogen-bond acceptors (Lipinski definition) is 2. The van der Waals surface area contributed by atoms with E-state index in [2.05, 4.69) is 5.32 Å². The van der Waals surface area contributed by atoms with Gasteiger partial charge in [0.1, 0.15) is 5.75 Å². The van der Waals surface area contributed by atoms with Gasteiger partial charge in [0.2, 0.25) is 0 Å². The van der Waals surface area contributed by atoms with Gasteiger partial charge in [0.25, 0.3) is 5.91 Å². The lowest BCUT2D eigenvalue weighted by atomic mass is 10.1. The minimum Gasteiger partial charge on any atom is -0.495 e. The average Bonchev–Trinajstić information content (AvgIpc) is 3.03. The second-order valence-electron chi connectivity index (χ2n) is 5.95. The molecule has 0 aliphatic heterocycles. The number of halogens is 2. The van der Waals surface area contributed by atoms with Crippen LogP contribution in [0.2, 0.25) is 5.02 Å². The van der Waals surface area contributed by atoms with Gasteiger partial charge in [0, 0.05) is 35.6 Å². The second kappa shape index (κ2) is 8.47. The van der Waals surface area contributed by atoms with Crippen molar-refractivity contribution in [2.24, 2.45) is 0 Å². The zero-order chi connectivity index (χ0) is 18.5. The Bertz CT molecular complexity index is 921. The molecule has 3 rings (SSSR count). The fourth-order valence-corrected chi connectivity index (χ4v) is 3.33. The summed E-state index contributed by atoms with van der Waals surface area (Å²) in [6.07, 6.45) is 2.68. The highest BCUT2D eigenvalue weighted by Crippen LogP contribution is 2.30. The Hall–Kier alpha value is -2.17. The predicted octanol–water partition coefficient (Wildman–Crippen LogP) is 4.86. The molecular weight excluding hydrogens is 371 g/mol. The molecular formula is C20H20Cl2N2O2. The smallest absolute Gasteiger partial charge is 0.253 e. The van der Waals surface area contributed by atoms with Gasteiger partial charge in [-0.1, -0.05) is 35.9 Å². The van der Waals surface area contributed by atoms with Crippen LogP contribution in [0.1, 0.15) is 22.3 Å². The number of benzene rings is 2. The molecule has 0 fully saturated rings. The summed E-state index contributed by atoms with van der Waals surface area (Å²) >= 11 is 11.8. The van der Waals surface area contributed by atoms with Crippen molar-refractivity contribution in [1.82, 2.24) is 9.88 Å². The third-order valence-corrected chi connectivity index (χ3v) is 4.70. The van der Waals surface area contributed by atoms with Gasteiger partial charge in [0.15, 0.2) is 0 Å². The molecule has 1 aromatic heterocycles. The predicted molar refractivity (Wildman–Crippen MR) is 106 cm³/mol. The van der Waals surface area contributed by atoms with E-state index < -0.39 is 0 Å². The van der Waals surface area contributed by atoms with Gasteiger partial charge < -0.3 is 14.6 Å². The number of nitrogens with zero attached hydrogens (tertiary/aromatic N) is 1. The van der Waals surface area contributed by atoms with Crippen molar-refractivity contribution in [3.8, 4) is 5.75 Å². The van der Waals surface area contributed by atoms with Gasteiger partial charge in [-0.2, -0.15) is 0 Å². The fraction of sp³-hybridized carbons (Fsp3) is 0.250. The van der Waals surface area contributed by atoms with Crippen LogP contribution in [0.3, 0.4) is 0 Å². The van der Waals surface area contributed by atoms with Gasteiger partial charge in [-0.25, -0.2) is 0 Å². The van der Waals surface area contributed by atoms with E-state index in [-0.39, 0.29) is 5.91 Å². The van der Waals surface area contributed by atoms with Crippen LogP contribution in [0.15, 0.2) is 48.7 Å². The highest BCUT2D eigenvalue weighted by Gasteiger charge is 2.17. The molecule has 3 aromatic rings. The molecule has 0 saturated heterocycles. The van der Waals surface area contributed by atoms with Crippen molar-refractivity contribution >= 4 is 40.0 Å². The number of para-hydroxylation sites is 1. The van der Waals surface area contributed by atoms with Gasteiger partial charge in [-0.15, -0.1) is 11.6 Å². The lowest BCUT2D eigenvalue weighted by Gasteiger charge is -2.07. The summed E-state index contributed by atoms with van der Waals surface area (Å²) in [5, 5.41) is 4.48. The monoisotopic (exact) mass is 390 g/mol. The van der Waals surface area contributed by atoms with Crippen molar-refractivity contribution in [3.63, 3.8) is 0 Å². The van der Waals surface area contributed by atoms with Crippen LogP contribution in [-0.2, 0) is 13.1 Å². The van der Waals surface area contributed by atoms with E-state index in [0.717, 1.165) is 35.2 Å². The zero-order valence-corrected chi connectivity index (χ0v) is 16.0. The van der Waals surface area contributed by atoms with E-state index in [9.17, 15) is 4.79 Å². The number of aryl methyl sites for hydroxylation is 1. The third kappa shape index (κ3) is 3.97. The first-order valence-corrected chi connectivity index (χ1v) is 9.29. The van der Waals surface area contributed by atoms with Crippen molar-refractivity contribution < 1.29 is 9.53 Å². The quantitative estimate of drug-likeness (QED) is 0.585. The van der Waals surface area contributed by atoms with Crippen LogP contribution in [0, 0.1) is 0 Å². The molecule has 26 heavy (non-hydrogen) atoms. The van der Waals surface area contributed by atoms with Crippen LogP contribution in [0.25, 0.3) is 10.9 Å². The Morgan fingerprint density at radius 1 is 1.23 bits per heavy atom. The van der Waals surface area contributed by atoms with E-state index in [4.69, 9.17) is 27.9 Å². The van der Waals surface area contributed by atoms with Crippen LogP contribution in [0.4, 0.5) is 0 Å². The molecule has 1 heterocycles. The number of methoxy groups -OCH3 is 1. The summed E-state index contributed by atoms with van der Waals surface area (Å²) in [4.78, 5) is 12.8. The normalized spacial score (nSPS) is 10.9. The zero-order valence-electron chi connectivity index (χ0n) is 14.5. The number of hydrogen-bond donors (Lipinski definition) is 1. The first-order valence-electron chi connectivity index (χ1n) is 8.38. The molecule has 6 heteroatoms. The van der Waals surface area contributed by atoms with E-state index >= 15 is 0 Å². The molecule has 4 nitrogen and oxygen atoms in total. The highest BCUT2D eigenvalue weighted by atomic mass is 35.5. The molecule has 0 atom stereocenters. The largest absolute Gasteiger partial charge is 0.495 e. The molecule has 0 aliphatic rings. The summed E-state index contributed by atoms with van der Waals surface area (Å²) in [7, 11) is 1.63. The number of rotatable bonds is 7. The molecule has 0 unspecified atom stereocenters. The third-order valence-electron chi connectivity index (χ3n) is 4.20. The number of carbonyl (C=O) groups is 1. The number of nitrogens with one attached hydrogen (secondary N) is 1. The fourth-order valence-electron chi connectivity index (χ4n) is 3.00. The van der Waals surface area contributed by atoms with Crippen LogP contribution < -0.4 is 10.1 Å². The Morgan fingerprint density at radius 2 is 2.04 bits per heavy atom. The number of amides is 1. The Labute approximate surface area is 162 Å². The maximum absolute atomic E-state index is 12.8. The molecule has 2 aromatic carbocycles. The summed E-state index contributed by atoms with van der Waals surface area (Å²) in [6, 6.07) is 13.2. The molecule has 0 radical (unpaired) electrons. The first kappa shape index (κ1) is 18.6. The van der Waals surface area contributed by atoms with Crippen LogP contribution >= 0.6 is 23.2 Å². The van der Waals surface area contributed by atoms with Crippen LogP contribution in [-0.4, -0.2) is 23.5 Å². The topological polar surface area (TPSA) is 43.3 Å². The average molecular weight is 391 g/mol. The van der Waals surface area contributed by atoms with Gasteiger partial charge in [0.05, 0.1) is 18.2 Å². The van der Waals surface area contributed by atoms with E-state index in [1.165, 1.54) is 0 Å². The SMILES string of the molecule is COc1cccc2c(C(=O)NCc3cccc(Cl)c3)cn(CCCCl)c12. The summed E-state index contributed by atoms with van der Waals surface area (Å²) in [5.74, 6) is 1.17. The molecule has 136 valence electrons. The Morgan fingerprint density at radius 3 is 2.77 bits per heavy atom. The van der Waals surface area contributed by atoms with Gasteiger partial charge in [-0.05, 0) is 30.2 Å². The molecule has 0 bridgehead atoms. The van der Waals surface area contributed by atoms with Crippen molar-refractivity contribution in [3.05, 3.63) is 64.8 Å². The van der Waals surface area contributed by atoms with E-state index in [1.54, 1.807) is 7.11 Å². The number of alkyl halides is 1. The Balaban J connectivity index is 1.89. The van der Waals surface area contributed by atoms with Crippen molar-refractivity contribution in [1.29, 1.82) is 0 Å². The minimum atomic E-state index is -0.132. The van der Waals surface area contributed by atoms with Crippen molar-refractivity contribution in [2.75, 3.05) is 13.0 Å². The molecule has 0 spiro atoms. The van der Waals surface area contributed by atoms with E-state index in [1.807, 2.05) is 53.2 Å². The number of aromatic nitrogens is 1. The maximum atomic E-state index is 12.8. The maximum Gasteiger partial charge on any atom is 0.253 e. The number of ether oxygens (including phenoxy) is 1. The van der Waals surface area contributed by atoms with Crippen LogP contribution in [0.5, 0.6) is 5.75 Å². The highest BCUT2D eigenvalue weighted by molar-refractivity contribution is 6.30. The lowest BCUT2D eigenvalue weighted by molar-refractivity contribution is 0.0952. The number of fused-ring (bicyclic) bond motifs is 1. The molecule has 1 amide bonds. The van der Waals surface area contributed by atoms with Gasteiger partial charge in [-0.3, -0.25) is 4.79 Å². The van der Waals surface area contributed by atoms with E-state index in [0.29, 0.717) is 23.0 Å². The molecule has 0 aliphatic carbocycles. The summed E-state index contributed by atoms with van der Waals surface area (Å²) in [5.41, 5.74) is 2.48. The lowest BCUT2D eigenvalue weighted by Crippen LogP contribution is -2.22. The molecule has 1 N–H and O–H groups in total. The first-order chi connectivity index (χ1) is 12.6. The van der Waals surface area contributed by atoms with Crippen molar-refractivity contribution in [2.45, 2.75) is 19.5 Å². The minimum absolute atomic E-state index is 0.132.